The van der Waals surface area contributed by atoms with Gasteiger partial charge in [0.05, 0.1) is 6.33 Å². The molecule has 1 aromatic rings. The van der Waals surface area contributed by atoms with Gasteiger partial charge in [0, 0.05) is 50.1 Å². The number of allylic oxidation sites excluding steroid dienone is 1. The van der Waals surface area contributed by atoms with Crippen molar-refractivity contribution in [2.24, 2.45) is 11.3 Å². The zero-order valence-corrected chi connectivity index (χ0v) is 16.0. The largest absolute Gasteiger partial charge is 0.356 e. The SMILES string of the molecule is O=C(NCCCn1ccnc1)C1CC12CCN(C(=O)C1=CCCCC1)CC2. The van der Waals surface area contributed by atoms with Crippen molar-refractivity contribution in [3.05, 3.63) is 30.4 Å². The van der Waals surface area contributed by atoms with Gasteiger partial charge in [-0.05, 0) is 56.8 Å². The van der Waals surface area contributed by atoms with E-state index < -0.39 is 0 Å². The smallest absolute Gasteiger partial charge is 0.249 e. The van der Waals surface area contributed by atoms with Crippen LogP contribution in [0.3, 0.4) is 0 Å². The van der Waals surface area contributed by atoms with Crippen LogP contribution in [0.5, 0.6) is 0 Å². The Balaban J connectivity index is 1.19. The quantitative estimate of drug-likeness (QED) is 0.783. The summed E-state index contributed by atoms with van der Waals surface area (Å²) in [6.07, 6.45) is 15.8. The van der Waals surface area contributed by atoms with Crippen molar-refractivity contribution in [1.29, 1.82) is 0 Å². The van der Waals surface area contributed by atoms with E-state index in [1.54, 1.807) is 12.5 Å². The van der Waals surface area contributed by atoms with Crippen molar-refractivity contribution in [2.45, 2.75) is 57.9 Å². The van der Waals surface area contributed by atoms with Gasteiger partial charge in [0.1, 0.15) is 0 Å². The van der Waals surface area contributed by atoms with Crippen LogP contribution in [0.15, 0.2) is 30.4 Å². The maximum atomic E-state index is 12.6. The molecule has 0 radical (unpaired) electrons. The zero-order chi connectivity index (χ0) is 18.7. The number of aromatic nitrogens is 2. The first-order valence-corrected chi connectivity index (χ1v) is 10.4. The molecule has 27 heavy (non-hydrogen) atoms. The third kappa shape index (κ3) is 4.09. The minimum Gasteiger partial charge on any atom is -0.356 e. The van der Waals surface area contributed by atoms with Crippen LogP contribution < -0.4 is 5.32 Å². The molecule has 1 spiro atoms. The Morgan fingerprint density at radius 1 is 1.26 bits per heavy atom. The van der Waals surface area contributed by atoms with Crippen LogP contribution in [-0.4, -0.2) is 45.9 Å². The van der Waals surface area contributed by atoms with Gasteiger partial charge in [-0.3, -0.25) is 9.59 Å². The fraction of sp³-hybridized carbons (Fsp3) is 0.667. The first-order valence-electron chi connectivity index (χ1n) is 10.4. The normalized spacial score (nSPS) is 23.8. The van der Waals surface area contributed by atoms with E-state index in [1.165, 1.54) is 6.42 Å². The van der Waals surface area contributed by atoms with Crippen LogP contribution in [0.1, 0.15) is 51.4 Å². The van der Waals surface area contributed by atoms with Crippen LogP contribution in [0.25, 0.3) is 0 Å². The molecule has 1 atom stereocenters. The molecule has 146 valence electrons. The lowest BCUT2D eigenvalue weighted by Crippen LogP contribution is -2.41. The van der Waals surface area contributed by atoms with Gasteiger partial charge in [0.25, 0.3) is 0 Å². The van der Waals surface area contributed by atoms with Crippen LogP contribution >= 0.6 is 0 Å². The van der Waals surface area contributed by atoms with Gasteiger partial charge >= 0.3 is 0 Å². The highest BCUT2D eigenvalue weighted by molar-refractivity contribution is 5.93. The van der Waals surface area contributed by atoms with Gasteiger partial charge in [-0.1, -0.05) is 6.08 Å². The highest BCUT2D eigenvalue weighted by atomic mass is 16.2. The molecule has 2 heterocycles. The van der Waals surface area contributed by atoms with E-state index in [-0.39, 0.29) is 23.1 Å². The summed E-state index contributed by atoms with van der Waals surface area (Å²) in [6, 6.07) is 0. The number of likely N-dealkylation sites (tertiary alicyclic amines) is 1. The Labute approximate surface area is 161 Å². The average Bonchev–Trinajstić information content (AvgIpc) is 3.14. The van der Waals surface area contributed by atoms with Gasteiger partial charge < -0.3 is 14.8 Å². The summed E-state index contributed by atoms with van der Waals surface area (Å²) in [5.41, 5.74) is 1.17. The first-order chi connectivity index (χ1) is 13.2. The molecular weight excluding hydrogens is 340 g/mol. The number of carbonyl (C=O) groups excluding carboxylic acids is 2. The Bertz CT molecular complexity index is 702. The number of hydrogen-bond acceptors (Lipinski definition) is 3. The number of nitrogens with one attached hydrogen (secondary N) is 1. The van der Waals surface area contributed by atoms with Gasteiger partial charge in [-0.2, -0.15) is 0 Å². The lowest BCUT2D eigenvalue weighted by Gasteiger charge is -2.34. The molecule has 0 bridgehead atoms. The summed E-state index contributed by atoms with van der Waals surface area (Å²) in [5, 5.41) is 3.10. The van der Waals surface area contributed by atoms with Gasteiger partial charge in [-0.15, -0.1) is 0 Å². The third-order valence-corrected chi connectivity index (χ3v) is 6.57. The van der Waals surface area contributed by atoms with Gasteiger partial charge in [-0.25, -0.2) is 4.98 Å². The van der Waals surface area contributed by atoms with E-state index in [0.717, 1.165) is 70.2 Å². The molecule has 0 aromatic carbocycles. The Morgan fingerprint density at radius 3 is 2.81 bits per heavy atom. The molecule has 1 N–H and O–H groups in total. The number of hydrogen-bond donors (Lipinski definition) is 1. The second-order valence-electron chi connectivity index (χ2n) is 8.33. The second kappa shape index (κ2) is 7.87. The molecule has 4 rings (SSSR count). The molecule has 2 aliphatic carbocycles. The van der Waals surface area contributed by atoms with Crippen molar-refractivity contribution < 1.29 is 9.59 Å². The Kier molecular flexibility index (Phi) is 5.32. The van der Waals surface area contributed by atoms with Crippen molar-refractivity contribution in [2.75, 3.05) is 19.6 Å². The predicted octanol–water partition coefficient (Wildman–Crippen LogP) is 2.52. The topological polar surface area (TPSA) is 67.2 Å². The van der Waals surface area contributed by atoms with Crippen LogP contribution in [0.2, 0.25) is 0 Å². The Morgan fingerprint density at radius 2 is 2.11 bits per heavy atom. The summed E-state index contributed by atoms with van der Waals surface area (Å²) in [7, 11) is 0. The van der Waals surface area contributed by atoms with Gasteiger partial charge in [0.2, 0.25) is 11.8 Å². The van der Waals surface area contributed by atoms with Crippen LogP contribution in [0, 0.1) is 11.3 Å². The lowest BCUT2D eigenvalue weighted by atomic mass is 9.89. The highest BCUT2D eigenvalue weighted by Crippen LogP contribution is 2.59. The number of carbonyl (C=O) groups is 2. The average molecular weight is 370 g/mol. The molecule has 1 saturated carbocycles. The van der Waals surface area contributed by atoms with E-state index in [9.17, 15) is 9.59 Å². The number of nitrogens with zero attached hydrogens (tertiary/aromatic N) is 3. The van der Waals surface area contributed by atoms with Crippen molar-refractivity contribution >= 4 is 11.8 Å². The molecule has 1 aromatic heterocycles. The molecule has 6 heteroatoms. The summed E-state index contributed by atoms with van der Waals surface area (Å²) in [4.78, 5) is 31.2. The van der Waals surface area contributed by atoms with E-state index in [2.05, 4.69) is 16.4 Å². The monoisotopic (exact) mass is 370 g/mol. The highest BCUT2D eigenvalue weighted by Gasteiger charge is 2.58. The summed E-state index contributed by atoms with van der Waals surface area (Å²) in [6.45, 7) is 3.20. The number of rotatable bonds is 6. The third-order valence-electron chi connectivity index (χ3n) is 6.57. The fourth-order valence-electron chi connectivity index (χ4n) is 4.68. The van der Waals surface area contributed by atoms with Crippen LogP contribution in [0.4, 0.5) is 0 Å². The Hall–Kier alpha value is -2.11. The molecule has 2 fully saturated rings. The fourth-order valence-corrected chi connectivity index (χ4v) is 4.68. The van der Waals surface area contributed by atoms with Crippen molar-refractivity contribution in [1.82, 2.24) is 19.8 Å². The molecule has 3 aliphatic rings. The first kappa shape index (κ1) is 18.3. The van der Waals surface area contributed by atoms with Crippen LogP contribution in [-0.2, 0) is 16.1 Å². The molecule has 2 amide bonds. The molecular formula is C21H30N4O2. The van der Waals surface area contributed by atoms with E-state index >= 15 is 0 Å². The summed E-state index contributed by atoms with van der Waals surface area (Å²) < 4.78 is 2.03. The summed E-state index contributed by atoms with van der Waals surface area (Å²) in [5.74, 6) is 0.595. The van der Waals surface area contributed by atoms with Crippen molar-refractivity contribution in [3.63, 3.8) is 0 Å². The molecule has 6 nitrogen and oxygen atoms in total. The van der Waals surface area contributed by atoms with Crippen molar-refractivity contribution in [3.8, 4) is 0 Å². The van der Waals surface area contributed by atoms with Gasteiger partial charge in [0.15, 0.2) is 0 Å². The second-order valence-corrected chi connectivity index (χ2v) is 8.33. The minimum atomic E-state index is 0.150. The lowest BCUT2D eigenvalue weighted by molar-refractivity contribution is -0.129. The van der Waals surface area contributed by atoms with E-state index in [1.807, 2.05) is 15.7 Å². The van der Waals surface area contributed by atoms with E-state index in [4.69, 9.17) is 0 Å². The summed E-state index contributed by atoms with van der Waals surface area (Å²) >= 11 is 0. The number of amides is 2. The molecule has 1 unspecified atom stereocenters. The molecule has 1 aliphatic heterocycles. The number of imidazole rings is 1. The standard InChI is InChI=1S/C21H30N4O2/c26-19(23-9-4-11-24-14-10-22-16-24)18-15-21(18)7-12-25(13-8-21)20(27)17-5-2-1-3-6-17/h5,10,14,16,18H,1-4,6-9,11-13,15H2,(H,23,26). The predicted molar refractivity (Wildman–Crippen MR) is 103 cm³/mol. The maximum absolute atomic E-state index is 12.6. The maximum Gasteiger partial charge on any atom is 0.249 e. The number of piperidine rings is 1. The minimum absolute atomic E-state index is 0.150. The number of aryl methyl sites for hydroxylation is 1. The molecule has 1 saturated heterocycles. The zero-order valence-electron chi connectivity index (χ0n) is 16.0. The van der Waals surface area contributed by atoms with E-state index in [0.29, 0.717) is 6.54 Å².